The molecule has 0 saturated heterocycles. The fourth-order valence-corrected chi connectivity index (χ4v) is 2.17. The first-order chi connectivity index (χ1) is 10.6. The van der Waals surface area contributed by atoms with Gasteiger partial charge in [-0.3, -0.25) is 0 Å². The summed E-state index contributed by atoms with van der Waals surface area (Å²) in [5, 5.41) is 0. The summed E-state index contributed by atoms with van der Waals surface area (Å²) in [6, 6.07) is 0. The van der Waals surface area contributed by atoms with Crippen LogP contribution in [-0.2, 0) is 9.47 Å². The number of hydrogen-bond acceptors (Lipinski definition) is 4. The average Bonchev–Trinajstić information content (AvgIpc) is 2.46. The van der Waals surface area contributed by atoms with Gasteiger partial charge in [0.25, 0.3) is 0 Å². The molecule has 0 aliphatic heterocycles. The second kappa shape index (κ2) is 17.2. The van der Waals surface area contributed by atoms with Gasteiger partial charge >= 0.3 is 0 Å². The molecule has 0 saturated carbocycles. The third-order valence-electron chi connectivity index (χ3n) is 3.69. The predicted octanol–water partition coefficient (Wildman–Crippen LogP) is 3.26. The fraction of sp³-hybridized carbons (Fsp3) is 1.00. The first kappa shape index (κ1) is 21.8. The second-order valence-corrected chi connectivity index (χ2v) is 6.66. The van der Waals surface area contributed by atoms with Crippen molar-refractivity contribution >= 4 is 0 Å². The molecule has 0 spiro atoms. The van der Waals surface area contributed by atoms with Crippen molar-refractivity contribution in [3.05, 3.63) is 0 Å². The van der Waals surface area contributed by atoms with Gasteiger partial charge < -0.3 is 19.3 Å². The lowest BCUT2D eigenvalue weighted by atomic mass is 10.1. The van der Waals surface area contributed by atoms with Crippen molar-refractivity contribution in [1.29, 1.82) is 0 Å². The van der Waals surface area contributed by atoms with E-state index in [4.69, 9.17) is 9.47 Å². The van der Waals surface area contributed by atoms with E-state index in [-0.39, 0.29) is 0 Å². The SMILES string of the molecule is CN(C)CCOCCCCCCCCCCOCCN(C)C. The summed E-state index contributed by atoms with van der Waals surface area (Å²) in [4.78, 5) is 4.32. The van der Waals surface area contributed by atoms with E-state index in [1.807, 2.05) is 0 Å². The largest absolute Gasteiger partial charge is 0.380 e. The van der Waals surface area contributed by atoms with E-state index in [9.17, 15) is 0 Å². The Hall–Kier alpha value is -0.160. The maximum atomic E-state index is 5.59. The number of rotatable bonds is 17. The van der Waals surface area contributed by atoms with Crippen molar-refractivity contribution in [2.45, 2.75) is 51.4 Å². The van der Waals surface area contributed by atoms with Crippen LogP contribution in [0.15, 0.2) is 0 Å². The van der Waals surface area contributed by atoms with E-state index in [0.29, 0.717) is 0 Å². The number of unbranched alkanes of at least 4 members (excludes halogenated alkanes) is 7. The molecule has 0 bridgehead atoms. The van der Waals surface area contributed by atoms with Crippen molar-refractivity contribution in [2.24, 2.45) is 0 Å². The van der Waals surface area contributed by atoms with E-state index in [0.717, 1.165) is 39.5 Å². The van der Waals surface area contributed by atoms with Crippen molar-refractivity contribution in [2.75, 3.05) is 67.7 Å². The third kappa shape index (κ3) is 19.8. The first-order valence-electron chi connectivity index (χ1n) is 9.08. The van der Waals surface area contributed by atoms with Gasteiger partial charge in [0.15, 0.2) is 0 Å². The molecule has 0 unspecified atom stereocenters. The fourth-order valence-electron chi connectivity index (χ4n) is 2.17. The number of nitrogens with zero attached hydrogens (tertiary/aromatic N) is 2. The molecule has 0 aliphatic carbocycles. The van der Waals surface area contributed by atoms with Crippen LogP contribution in [0.1, 0.15) is 51.4 Å². The minimum Gasteiger partial charge on any atom is -0.380 e. The second-order valence-electron chi connectivity index (χ2n) is 6.66. The lowest BCUT2D eigenvalue weighted by Gasteiger charge is -2.10. The van der Waals surface area contributed by atoms with Gasteiger partial charge in [-0.25, -0.2) is 0 Å². The molecular weight excluding hydrogens is 276 g/mol. The normalized spacial score (nSPS) is 11.7. The van der Waals surface area contributed by atoms with Crippen molar-refractivity contribution in [1.82, 2.24) is 9.80 Å². The van der Waals surface area contributed by atoms with Gasteiger partial charge in [-0.15, -0.1) is 0 Å². The summed E-state index contributed by atoms with van der Waals surface area (Å²) in [5.74, 6) is 0. The Morgan fingerprint density at radius 1 is 0.455 bits per heavy atom. The lowest BCUT2D eigenvalue weighted by Crippen LogP contribution is -2.18. The molecule has 4 heteroatoms. The Morgan fingerprint density at radius 2 is 0.773 bits per heavy atom. The van der Waals surface area contributed by atoms with Crippen LogP contribution in [0, 0.1) is 0 Å². The summed E-state index contributed by atoms with van der Waals surface area (Å²) in [5.41, 5.74) is 0. The van der Waals surface area contributed by atoms with Crippen LogP contribution in [0.4, 0.5) is 0 Å². The molecule has 22 heavy (non-hydrogen) atoms. The molecule has 0 aromatic heterocycles. The molecule has 0 aromatic rings. The summed E-state index contributed by atoms with van der Waals surface area (Å²) in [6.45, 7) is 5.64. The molecule has 0 amide bonds. The highest BCUT2D eigenvalue weighted by atomic mass is 16.5. The summed E-state index contributed by atoms with van der Waals surface area (Å²) in [6.07, 6.45) is 10.5. The Morgan fingerprint density at radius 3 is 1.09 bits per heavy atom. The maximum absolute atomic E-state index is 5.59. The highest BCUT2D eigenvalue weighted by molar-refractivity contribution is 4.48. The molecule has 0 fully saturated rings. The van der Waals surface area contributed by atoms with Gasteiger partial charge in [-0.2, -0.15) is 0 Å². The van der Waals surface area contributed by atoms with Crippen LogP contribution in [0.3, 0.4) is 0 Å². The van der Waals surface area contributed by atoms with Crippen molar-refractivity contribution in [3.63, 3.8) is 0 Å². The van der Waals surface area contributed by atoms with E-state index in [1.54, 1.807) is 0 Å². The van der Waals surface area contributed by atoms with Crippen LogP contribution in [0.2, 0.25) is 0 Å². The van der Waals surface area contributed by atoms with Gasteiger partial charge in [-0.1, -0.05) is 38.5 Å². The average molecular weight is 317 g/mol. The predicted molar refractivity (Wildman–Crippen MR) is 95.7 cm³/mol. The monoisotopic (exact) mass is 316 g/mol. The third-order valence-corrected chi connectivity index (χ3v) is 3.69. The standard InChI is InChI=1S/C18H40N2O2/c1-19(2)13-17-21-15-11-9-7-5-6-8-10-12-16-22-18-14-20(3)4/h5-18H2,1-4H3. The van der Waals surface area contributed by atoms with E-state index in [1.165, 1.54) is 51.4 Å². The minimum absolute atomic E-state index is 0.865. The van der Waals surface area contributed by atoms with Gasteiger partial charge in [-0.05, 0) is 41.0 Å². The highest BCUT2D eigenvalue weighted by Gasteiger charge is 1.95. The summed E-state index contributed by atoms with van der Waals surface area (Å²) >= 11 is 0. The van der Waals surface area contributed by atoms with Crippen LogP contribution >= 0.6 is 0 Å². The highest BCUT2D eigenvalue weighted by Crippen LogP contribution is 2.08. The van der Waals surface area contributed by atoms with E-state index < -0.39 is 0 Å². The number of likely N-dealkylation sites (N-methyl/N-ethyl adjacent to an activating group) is 2. The van der Waals surface area contributed by atoms with Gasteiger partial charge in [0.2, 0.25) is 0 Å². The zero-order valence-electron chi connectivity index (χ0n) is 15.6. The molecular formula is C18H40N2O2. The topological polar surface area (TPSA) is 24.9 Å². The Labute approximate surface area is 139 Å². The molecule has 0 radical (unpaired) electrons. The van der Waals surface area contributed by atoms with Crippen LogP contribution in [0.5, 0.6) is 0 Å². The molecule has 0 heterocycles. The van der Waals surface area contributed by atoms with Gasteiger partial charge in [0.1, 0.15) is 0 Å². The lowest BCUT2D eigenvalue weighted by molar-refractivity contribution is 0.113. The molecule has 0 atom stereocenters. The molecule has 4 nitrogen and oxygen atoms in total. The zero-order valence-corrected chi connectivity index (χ0v) is 15.6. The number of hydrogen-bond donors (Lipinski definition) is 0. The Balaban J connectivity index is 2.97. The first-order valence-corrected chi connectivity index (χ1v) is 9.08. The van der Waals surface area contributed by atoms with E-state index in [2.05, 4.69) is 38.0 Å². The van der Waals surface area contributed by atoms with Crippen molar-refractivity contribution in [3.8, 4) is 0 Å². The zero-order chi connectivity index (χ0) is 16.5. The smallest absolute Gasteiger partial charge is 0.0593 e. The van der Waals surface area contributed by atoms with Crippen LogP contribution in [0.25, 0.3) is 0 Å². The summed E-state index contributed by atoms with van der Waals surface area (Å²) < 4.78 is 11.2. The Kier molecular flexibility index (Phi) is 17.1. The summed E-state index contributed by atoms with van der Waals surface area (Å²) in [7, 11) is 8.33. The minimum atomic E-state index is 0.865. The van der Waals surface area contributed by atoms with E-state index >= 15 is 0 Å². The molecule has 0 rings (SSSR count). The molecule has 0 aliphatic rings. The molecule has 0 aromatic carbocycles. The van der Waals surface area contributed by atoms with Gasteiger partial charge in [0, 0.05) is 26.3 Å². The Bertz CT molecular complexity index is 189. The van der Waals surface area contributed by atoms with Gasteiger partial charge in [0.05, 0.1) is 13.2 Å². The quantitative estimate of drug-likeness (QED) is 0.385. The molecule has 134 valence electrons. The van der Waals surface area contributed by atoms with Crippen molar-refractivity contribution < 1.29 is 9.47 Å². The maximum Gasteiger partial charge on any atom is 0.0593 e. The van der Waals surface area contributed by atoms with Crippen LogP contribution < -0.4 is 0 Å². The van der Waals surface area contributed by atoms with Crippen LogP contribution in [-0.4, -0.2) is 77.5 Å². The molecule has 0 N–H and O–H groups in total. The number of ether oxygens (including phenoxy) is 2.